The Bertz CT molecular complexity index is 728. The van der Waals surface area contributed by atoms with Crippen molar-refractivity contribution in [1.82, 2.24) is 0 Å². The van der Waals surface area contributed by atoms with E-state index in [4.69, 9.17) is 4.42 Å². The number of unbranched alkanes of at least 4 members (excludes halogenated alkanes) is 6. The lowest BCUT2D eigenvalue weighted by Gasteiger charge is -2.03. The van der Waals surface area contributed by atoms with Crippen molar-refractivity contribution in [3.63, 3.8) is 0 Å². The molecule has 0 unspecified atom stereocenters. The highest BCUT2D eigenvalue weighted by atomic mass is 32.1. The van der Waals surface area contributed by atoms with Crippen LogP contribution in [0.25, 0.3) is 21.3 Å². The van der Waals surface area contributed by atoms with Crippen molar-refractivity contribution < 1.29 is 4.42 Å². The van der Waals surface area contributed by atoms with E-state index in [-0.39, 0.29) is 0 Å². The van der Waals surface area contributed by atoms with Crippen LogP contribution in [-0.2, 0) is 12.8 Å². The molecule has 0 fully saturated rings. The molecule has 3 aromatic heterocycles. The zero-order valence-corrected chi connectivity index (χ0v) is 18.4. The lowest BCUT2D eigenvalue weighted by molar-refractivity contribution is 0.597. The Morgan fingerprint density at radius 2 is 1.11 bits per heavy atom. The zero-order chi connectivity index (χ0) is 18.9. The molecular formula is C24H32OS2. The molecule has 0 amide bonds. The molecule has 3 rings (SSSR count). The van der Waals surface area contributed by atoms with E-state index in [0.29, 0.717) is 0 Å². The van der Waals surface area contributed by atoms with E-state index < -0.39 is 0 Å². The van der Waals surface area contributed by atoms with Gasteiger partial charge in [0.05, 0.1) is 9.75 Å². The molecule has 0 spiro atoms. The fourth-order valence-electron chi connectivity index (χ4n) is 3.56. The van der Waals surface area contributed by atoms with Crippen LogP contribution in [-0.4, -0.2) is 0 Å². The summed E-state index contributed by atoms with van der Waals surface area (Å²) in [6.45, 7) is 4.53. The lowest BCUT2D eigenvalue weighted by Crippen LogP contribution is -1.86. The van der Waals surface area contributed by atoms with Crippen LogP contribution >= 0.6 is 22.7 Å². The molecule has 1 nitrogen and oxygen atoms in total. The van der Waals surface area contributed by atoms with Crippen LogP contribution in [0.2, 0.25) is 0 Å². The molecule has 0 aliphatic rings. The summed E-state index contributed by atoms with van der Waals surface area (Å²) in [5, 5.41) is 4.41. The van der Waals surface area contributed by atoms with Crippen LogP contribution in [0.4, 0.5) is 0 Å². The summed E-state index contributed by atoms with van der Waals surface area (Å²) in [6.07, 6.45) is 12.8. The van der Waals surface area contributed by atoms with Gasteiger partial charge in [-0.3, -0.25) is 0 Å². The molecule has 0 saturated carbocycles. The van der Waals surface area contributed by atoms with E-state index in [1.165, 1.54) is 72.2 Å². The first-order valence-corrected chi connectivity index (χ1v) is 12.3. The van der Waals surface area contributed by atoms with Crippen LogP contribution in [0.15, 0.2) is 39.4 Å². The van der Waals surface area contributed by atoms with Gasteiger partial charge >= 0.3 is 0 Å². The maximum atomic E-state index is 6.33. The highest BCUT2D eigenvalue weighted by Crippen LogP contribution is 2.38. The third-order valence-corrected chi connectivity index (χ3v) is 7.09. The van der Waals surface area contributed by atoms with Crippen LogP contribution < -0.4 is 0 Å². The quantitative estimate of drug-likeness (QED) is 0.276. The molecule has 146 valence electrons. The Morgan fingerprint density at radius 3 is 1.56 bits per heavy atom. The molecule has 3 heterocycles. The number of rotatable bonds is 12. The van der Waals surface area contributed by atoms with Gasteiger partial charge in [0, 0.05) is 0 Å². The maximum absolute atomic E-state index is 6.33. The fourth-order valence-corrected chi connectivity index (χ4v) is 5.40. The minimum Gasteiger partial charge on any atom is -0.454 e. The van der Waals surface area contributed by atoms with Gasteiger partial charge in [0.1, 0.15) is 11.5 Å². The molecule has 0 atom stereocenters. The van der Waals surface area contributed by atoms with E-state index in [1.807, 2.05) is 22.7 Å². The number of hydrogen-bond donors (Lipinski definition) is 0. The molecule has 0 aliphatic heterocycles. The second-order valence-corrected chi connectivity index (χ2v) is 9.17. The number of aryl methyl sites for hydroxylation is 2. The Labute approximate surface area is 172 Å². The standard InChI is InChI=1S/C24H32OS2/c1-3-5-7-9-11-19-15-17-26-23(19)21-13-14-22(25-21)24-20(16-18-27-24)12-10-8-6-4-2/h13-18H,3-12H2,1-2H3. The van der Waals surface area contributed by atoms with Gasteiger partial charge in [-0.1, -0.05) is 52.4 Å². The van der Waals surface area contributed by atoms with Crippen molar-refractivity contribution in [3.8, 4) is 21.3 Å². The first-order valence-electron chi connectivity index (χ1n) is 10.6. The summed E-state index contributed by atoms with van der Waals surface area (Å²) >= 11 is 3.62. The van der Waals surface area contributed by atoms with Crippen LogP contribution in [0, 0.1) is 0 Å². The molecule has 0 bridgehead atoms. The van der Waals surface area contributed by atoms with Crippen molar-refractivity contribution in [2.24, 2.45) is 0 Å². The predicted octanol–water partition coefficient (Wildman–Crippen LogP) is 8.98. The largest absolute Gasteiger partial charge is 0.454 e. The Hall–Kier alpha value is -1.32. The number of thiophene rings is 2. The first kappa shape index (κ1) is 20.4. The molecule has 3 heteroatoms. The van der Waals surface area contributed by atoms with Gasteiger partial charge in [-0.2, -0.15) is 0 Å². The summed E-state index contributed by atoms with van der Waals surface area (Å²) in [7, 11) is 0. The molecule has 0 aliphatic carbocycles. The third kappa shape index (κ3) is 5.58. The van der Waals surface area contributed by atoms with E-state index in [9.17, 15) is 0 Å². The predicted molar refractivity (Wildman–Crippen MR) is 121 cm³/mol. The molecule has 27 heavy (non-hydrogen) atoms. The average molecular weight is 401 g/mol. The van der Waals surface area contributed by atoms with Gasteiger partial charge in [-0.15, -0.1) is 22.7 Å². The smallest absolute Gasteiger partial charge is 0.145 e. The molecule has 0 radical (unpaired) electrons. The van der Waals surface area contributed by atoms with Crippen LogP contribution in [0.3, 0.4) is 0 Å². The van der Waals surface area contributed by atoms with Gasteiger partial charge in [0.2, 0.25) is 0 Å². The second-order valence-electron chi connectivity index (χ2n) is 7.34. The number of furan rings is 1. The van der Waals surface area contributed by atoms with Gasteiger partial charge < -0.3 is 4.42 Å². The SMILES string of the molecule is CCCCCCc1ccsc1-c1ccc(-c2sccc2CCCCCC)o1. The summed E-state index contributed by atoms with van der Waals surface area (Å²) in [4.78, 5) is 2.64. The highest BCUT2D eigenvalue weighted by Gasteiger charge is 2.15. The average Bonchev–Trinajstić information content (AvgIpc) is 3.42. The van der Waals surface area contributed by atoms with Gasteiger partial charge in [0.25, 0.3) is 0 Å². The van der Waals surface area contributed by atoms with Crippen molar-refractivity contribution in [1.29, 1.82) is 0 Å². The molecule has 0 N–H and O–H groups in total. The van der Waals surface area contributed by atoms with E-state index in [1.54, 1.807) is 0 Å². The Kier molecular flexibility index (Phi) is 8.22. The fraction of sp³-hybridized carbons (Fsp3) is 0.500. The lowest BCUT2D eigenvalue weighted by atomic mass is 10.1. The van der Waals surface area contributed by atoms with Gasteiger partial charge in [0.15, 0.2) is 0 Å². The first-order chi connectivity index (χ1) is 13.3. The summed E-state index contributed by atoms with van der Waals surface area (Å²) in [5.74, 6) is 2.08. The Morgan fingerprint density at radius 1 is 0.630 bits per heavy atom. The third-order valence-electron chi connectivity index (χ3n) is 5.15. The van der Waals surface area contributed by atoms with Crippen LogP contribution in [0.5, 0.6) is 0 Å². The Balaban J connectivity index is 1.68. The van der Waals surface area contributed by atoms with Crippen molar-refractivity contribution in [3.05, 3.63) is 46.2 Å². The highest BCUT2D eigenvalue weighted by molar-refractivity contribution is 7.14. The van der Waals surface area contributed by atoms with E-state index in [2.05, 4.69) is 48.9 Å². The van der Waals surface area contributed by atoms with E-state index in [0.717, 1.165) is 24.4 Å². The molecule has 0 aromatic carbocycles. The van der Waals surface area contributed by atoms with Crippen molar-refractivity contribution in [2.75, 3.05) is 0 Å². The van der Waals surface area contributed by atoms with Gasteiger partial charge in [-0.25, -0.2) is 0 Å². The summed E-state index contributed by atoms with van der Waals surface area (Å²) in [6, 6.07) is 8.88. The topological polar surface area (TPSA) is 13.1 Å². The zero-order valence-electron chi connectivity index (χ0n) is 16.8. The van der Waals surface area contributed by atoms with Crippen molar-refractivity contribution >= 4 is 22.7 Å². The number of hydrogen-bond acceptors (Lipinski definition) is 3. The summed E-state index contributed by atoms with van der Waals surface area (Å²) in [5.41, 5.74) is 2.89. The normalized spacial score (nSPS) is 11.3. The van der Waals surface area contributed by atoms with E-state index >= 15 is 0 Å². The van der Waals surface area contributed by atoms with Gasteiger partial charge in [-0.05, 0) is 71.8 Å². The summed E-state index contributed by atoms with van der Waals surface area (Å²) < 4.78 is 6.33. The minimum atomic E-state index is 1.04. The van der Waals surface area contributed by atoms with Crippen LogP contribution in [0.1, 0.15) is 76.3 Å². The molecule has 3 aromatic rings. The monoisotopic (exact) mass is 400 g/mol. The molecular weight excluding hydrogens is 368 g/mol. The maximum Gasteiger partial charge on any atom is 0.145 e. The van der Waals surface area contributed by atoms with Crippen molar-refractivity contribution in [2.45, 2.75) is 78.1 Å². The second kappa shape index (κ2) is 10.9. The molecule has 0 saturated heterocycles. The minimum absolute atomic E-state index is 1.04.